The molecular formula is C23H38O2. The van der Waals surface area contributed by atoms with Crippen LogP contribution in [-0.2, 0) is 9.53 Å². The van der Waals surface area contributed by atoms with Gasteiger partial charge in [-0.15, -0.1) is 0 Å². The van der Waals surface area contributed by atoms with Crippen LogP contribution < -0.4 is 0 Å². The molecular weight excluding hydrogens is 308 g/mol. The Morgan fingerprint density at radius 2 is 1.16 bits per heavy atom. The van der Waals surface area contributed by atoms with Gasteiger partial charge in [-0.05, 0) is 51.4 Å². The number of rotatable bonds is 16. The molecule has 0 aliphatic heterocycles. The molecule has 0 saturated heterocycles. The van der Waals surface area contributed by atoms with Crippen LogP contribution in [0.15, 0.2) is 48.6 Å². The van der Waals surface area contributed by atoms with Gasteiger partial charge in [-0.25, -0.2) is 0 Å². The van der Waals surface area contributed by atoms with E-state index in [-0.39, 0.29) is 5.97 Å². The van der Waals surface area contributed by atoms with Crippen LogP contribution in [0.1, 0.15) is 84.0 Å². The third-order valence-electron chi connectivity index (χ3n) is 3.94. The molecule has 2 nitrogen and oxygen atoms in total. The van der Waals surface area contributed by atoms with Gasteiger partial charge in [0.1, 0.15) is 0 Å². The topological polar surface area (TPSA) is 26.3 Å². The average Bonchev–Trinajstić information content (AvgIpc) is 2.63. The molecule has 0 radical (unpaired) electrons. The Morgan fingerprint density at radius 1 is 0.680 bits per heavy atom. The van der Waals surface area contributed by atoms with E-state index in [1.165, 1.54) is 32.8 Å². The fourth-order valence-electron chi connectivity index (χ4n) is 2.37. The lowest BCUT2D eigenvalue weighted by atomic mass is 10.1. The highest BCUT2D eigenvalue weighted by atomic mass is 16.5. The van der Waals surface area contributed by atoms with Gasteiger partial charge in [0.2, 0.25) is 0 Å². The summed E-state index contributed by atoms with van der Waals surface area (Å²) in [5.41, 5.74) is 0. The minimum atomic E-state index is -0.0993. The Labute approximate surface area is 155 Å². The van der Waals surface area contributed by atoms with E-state index in [1.54, 1.807) is 0 Å². The molecule has 0 spiro atoms. The number of carbonyl (C=O) groups excluding carboxylic acids is 1. The Hall–Kier alpha value is -1.57. The third kappa shape index (κ3) is 20.4. The van der Waals surface area contributed by atoms with Gasteiger partial charge in [-0.1, -0.05) is 74.8 Å². The first-order valence-electron chi connectivity index (χ1n) is 9.98. The lowest BCUT2D eigenvalue weighted by Gasteiger charge is -1.98. The quantitative estimate of drug-likeness (QED) is 0.169. The summed E-state index contributed by atoms with van der Waals surface area (Å²) in [5.74, 6) is -0.0993. The average molecular weight is 347 g/mol. The van der Waals surface area contributed by atoms with Crippen LogP contribution in [0.5, 0.6) is 0 Å². The van der Waals surface area contributed by atoms with Gasteiger partial charge < -0.3 is 4.74 Å². The maximum Gasteiger partial charge on any atom is 0.305 e. The van der Waals surface area contributed by atoms with Crippen LogP contribution in [0.3, 0.4) is 0 Å². The van der Waals surface area contributed by atoms with E-state index in [0.717, 1.165) is 44.9 Å². The van der Waals surface area contributed by atoms with Crippen LogP contribution in [0, 0.1) is 0 Å². The zero-order valence-electron chi connectivity index (χ0n) is 16.4. The highest BCUT2D eigenvalue weighted by Gasteiger charge is 1.97. The SMILES string of the molecule is CCCCC/C=C/C/C=C/C/C=C\C/C=C/CCCCCC(=O)OC. The van der Waals surface area contributed by atoms with E-state index in [2.05, 4.69) is 60.3 Å². The van der Waals surface area contributed by atoms with Crippen molar-refractivity contribution in [2.24, 2.45) is 0 Å². The van der Waals surface area contributed by atoms with E-state index in [1.807, 2.05) is 0 Å². The van der Waals surface area contributed by atoms with Gasteiger partial charge in [0, 0.05) is 6.42 Å². The first kappa shape index (κ1) is 23.4. The van der Waals surface area contributed by atoms with E-state index in [9.17, 15) is 4.79 Å². The molecule has 0 bridgehead atoms. The second-order valence-corrected chi connectivity index (χ2v) is 6.26. The molecule has 0 aromatic rings. The molecule has 0 aromatic carbocycles. The molecule has 0 unspecified atom stereocenters. The summed E-state index contributed by atoms with van der Waals surface area (Å²) in [7, 11) is 1.45. The molecule has 0 N–H and O–H groups in total. The standard InChI is InChI=1S/C23H38O2/c1-3-4-5-6-7-8-9-10-11-12-13-14-15-16-17-18-19-20-21-22-23(24)25-2/h7-8,10-11,13-14,16-17H,3-6,9,12,15,18-22H2,1-2H3/b8-7+,11-10+,14-13-,17-16+. The zero-order chi connectivity index (χ0) is 18.4. The summed E-state index contributed by atoms with van der Waals surface area (Å²) in [5, 5.41) is 0. The van der Waals surface area contributed by atoms with Gasteiger partial charge in [0.05, 0.1) is 7.11 Å². The minimum absolute atomic E-state index is 0.0993. The van der Waals surface area contributed by atoms with Crippen molar-refractivity contribution in [3.63, 3.8) is 0 Å². The summed E-state index contributed by atoms with van der Waals surface area (Å²) in [6, 6.07) is 0. The first-order valence-corrected chi connectivity index (χ1v) is 9.98. The molecule has 0 saturated carbocycles. The minimum Gasteiger partial charge on any atom is -0.469 e. The van der Waals surface area contributed by atoms with E-state index >= 15 is 0 Å². The number of allylic oxidation sites excluding steroid dienone is 8. The predicted molar refractivity (Wildman–Crippen MR) is 110 cm³/mol. The van der Waals surface area contributed by atoms with Crippen LogP contribution in [-0.4, -0.2) is 13.1 Å². The Kier molecular flexibility index (Phi) is 19.2. The van der Waals surface area contributed by atoms with E-state index in [4.69, 9.17) is 0 Å². The van der Waals surface area contributed by atoms with Crippen molar-refractivity contribution in [3.05, 3.63) is 48.6 Å². The molecule has 0 fully saturated rings. The van der Waals surface area contributed by atoms with Gasteiger partial charge in [0.25, 0.3) is 0 Å². The van der Waals surface area contributed by atoms with Crippen LogP contribution in [0.2, 0.25) is 0 Å². The highest BCUT2D eigenvalue weighted by molar-refractivity contribution is 5.68. The van der Waals surface area contributed by atoms with Gasteiger partial charge in [0.15, 0.2) is 0 Å². The van der Waals surface area contributed by atoms with Crippen molar-refractivity contribution in [3.8, 4) is 0 Å². The Morgan fingerprint density at radius 3 is 1.64 bits per heavy atom. The number of hydrogen-bond donors (Lipinski definition) is 0. The fourth-order valence-corrected chi connectivity index (χ4v) is 2.37. The number of unbranched alkanes of at least 4 members (excludes halogenated alkanes) is 6. The lowest BCUT2D eigenvalue weighted by molar-refractivity contribution is -0.140. The van der Waals surface area contributed by atoms with Crippen LogP contribution in [0.4, 0.5) is 0 Å². The van der Waals surface area contributed by atoms with Crippen molar-refractivity contribution < 1.29 is 9.53 Å². The number of ether oxygens (including phenoxy) is 1. The molecule has 0 atom stereocenters. The summed E-state index contributed by atoms with van der Waals surface area (Å²) in [6.45, 7) is 2.24. The maximum absolute atomic E-state index is 10.9. The van der Waals surface area contributed by atoms with Crippen LogP contribution in [0.25, 0.3) is 0 Å². The second kappa shape index (κ2) is 20.5. The number of carbonyl (C=O) groups is 1. The molecule has 2 heteroatoms. The third-order valence-corrected chi connectivity index (χ3v) is 3.94. The van der Waals surface area contributed by atoms with Crippen LogP contribution >= 0.6 is 0 Å². The van der Waals surface area contributed by atoms with Crippen molar-refractivity contribution in [2.45, 2.75) is 84.0 Å². The Balaban J connectivity index is 3.39. The summed E-state index contributed by atoms with van der Waals surface area (Å²) in [4.78, 5) is 10.9. The van der Waals surface area contributed by atoms with Crippen molar-refractivity contribution in [1.29, 1.82) is 0 Å². The first-order chi connectivity index (χ1) is 12.3. The molecule has 0 amide bonds. The number of esters is 1. The zero-order valence-corrected chi connectivity index (χ0v) is 16.4. The molecule has 25 heavy (non-hydrogen) atoms. The summed E-state index contributed by atoms with van der Waals surface area (Å²) < 4.78 is 4.62. The molecule has 0 heterocycles. The van der Waals surface area contributed by atoms with E-state index in [0.29, 0.717) is 6.42 Å². The highest BCUT2D eigenvalue weighted by Crippen LogP contribution is 2.05. The van der Waals surface area contributed by atoms with Gasteiger partial charge in [-0.2, -0.15) is 0 Å². The smallest absolute Gasteiger partial charge is 0.305 e. The molecule has 0 aliphatic carbocycles. The van der Waals surface area contributed by atoms with E-state index < -0.39 is 0 Å². The molecule has 0 rings (SSSR count). The number of methoxy groups -OCH3 is 1. The fraction of sp³-hybridized carbons (Fsp3) is 0.609. The largest absolute Gasteiger partial charge is 0.469 e. The second-order valence-electron chi connectivity index (χ2n) is 6.26. The lowest BCUT2D eigenvalue weighted by Crippen LogP contribution is -1.98. The van der Waals surface area contributed by atoms with Gasteiger partial charge in [-0.3, -0.25) is 4.79 Å². The summed E-state index contributed by atoms with van der Waals surface area (Å²) in [6.07, 6.45) is 31.0. The predicted octanol–water partition coefficient (Wildman–Crippen LogP) is 7.09. The monoisotopic (exact) mass is 346 g/mol. The molecule has 142 valence electrons. The van der Waals surface area contributed by atoms with Crippen molar-refractivity contribution >= 4 is 5.97 Å². The summed E-state index contributed by atoms with van der Waals surface area (Å²) >= 11 is 0. The number of hydrogen-bond acceptors (Lipinski definition) is 2. The maximum atomic E-state index is 10.9. The molecule has 0 aromatic heterocycles. The normalized spacial score (nSPS) is 12.2. The van der Waals surface area contributed by atoms with Crippen molar-refractivity contribution in [2.75, 3.05) is 7.11 Å². The van der Waals surface area contributed by atoms with Gasteiger partial charge >= 0.3 is 5.97 Å². The van der Waals surface area contributed by atoms with Crippen molar-refractivity contribution in [1.82, 2.24) is 0 Å². The Bertz CT molecular complexity index is 402. The molecule has 0 aliphatic rings.